The van der Waals surface area contributed by atoms with Crippen molar-refractivity contribution in [2.24, 2.45) is 17.8 Å². The number of fused-ring (bicyclic) bond motifs is 2. The summed E-state index contributed by atoms with van der Waals surface area (Å²) < 4.78 is 18.1. The quantitative estimate of drug-likeness (QED) is 0.848. The molecule has 4 atom stereocenters. The molecule has 2 aliphatic carbocycles. The third-order valence-electron chi connectivity index (χ3n) is 4.79. The SMILES string of the molecule is CCOc1ccc(N)c(S(=O)CC2CC3CCC2C3)c1. The van der Waals surface area contributed by atoms with Gasteiger partial charge < -0.3 is 10.5 Å². The van der Waals surface area contributed by atoms with Crippen molar-refractivity contribution in [1.29, 1.82) is 0 Å². The maximum absolute atomic E-state index is 12.6. The first-order valence-electron chi connectivity index (χ1n) is 7.58. The van der Waals surface area contributed by atoms with Crippen LogP contribution in [0.5, 0.6) is 5.75 Å². The van der Waals surface area contributed by atoms with E-state index in [0.29, 0.717) is 18.2 Å². The summed E-state index contributed by atoms with van der Waals surface area (Å²) in [5, 5.41) is 0. The van der Waals surface area contributed by atoms with E-state index in [0.717, 1.165) is 28.2 Å². The van der Waals surface area contributed by atoms with E-state index < -0.39 is 10.8 Å². The number of anilines is 1. The highest BCUT2D eigenvalue weighted by Crippen LogP contribution is 2.48. The molecule has 0 radical (unpaired) electrons. The van der Waals surface area contributed by atoms with E-state index in [9.17, 15) is 4.21 Å². The maximum Gasteiger partial charge on any atom is 0.120 e. The highest BCUT2D eigenvalue weighted by molar-refractivity contribution is 7.85. The second-order valence-corrected chi connectivity index (χ2v) is 7.54. The van der Waals surface area contributed by atoms with Gasteiger partial charge in [-0.2, -0.15) is 0 Å². The molecule has 1 aromatic carbocycles. The Morgan fingerprint density at radius 1 is 1.35 bits per heavy atom. The predicted molar refractivity (Wildman–Crippen MR) is 82.2 cm³/mol. The summed E-state index contributed by atoms with van der Waals surface area (Å²) in [5.74, 6) is 3.86. The Morgan fingerprint density at radius 3 is 2.85 bits per heavy atom. The molecular formula is C16H23NO2S. The lowest BCUT2D eigenvalue weighted by atomic mass is 9.90. The highest BCUT2D eigenvalue weighted by atomic mass is 32.2. The van der Waals surface area contributed by atoms with Gasteiger partial charge >= 0.3 is 0 Å². The van der Waals surface area contributed by atoms with Crippen LogP contribution in [0.25, 0.3) is 0 Å². The molecule has 0 spiro atoms. The summed E-state index contributed by atoms with van der Waals surface area (Å²) in [6.45, 7) is 2.56. The fourth-order valence-corrected chi connectivity index (χ4v) is 5.39. The van der Waals surface area contributed by atoms with Crippen LogP contribution < -0.4 is 10.5 Å². The topological polar surface area (TPSA) is 52.3 Å². The van der Waals surface area contributed by atoms with Crippen molar-refractivity contribution in [3.63, 3.8) is 0 Å². The molecular weight excluding hydrogens is 270 g/mol. The minimum atomic E-state index is -1.01. The lowest BCUT2D eigenvalue weighted by Crippen LogP contribution is -2.18. The average Bonchev–Trinajstić information content (AvgIpc) is 3.03. The van der Waals surface area contributed by atoms with Crippen LogP contribution in [0, 0.1) is 17.8 Å². The van der Waals surface area contributed by atoms with Crippen LogP contribution >= 0.6 is 0 Å². The molecule has 2 saturated carbocycles. The van der Waals surface area contributed by atoms with Gasteiger partial charge in [0.05, 0.1) is 22.3 Å². The second kappa shape index (κ2) is 5.76. The fourth-order valence-electron chi connectivity index (χ4n) is 3.83. The van der Waals surface area contributed by atoms with E-state index in [2.05, 4.69) is 0 Å². The molecule has 0 saturated heterocycles. The zero-order valence-corrected chi connectivity index (χ0v) is 12.8. The molecule has 2 bridgehead atoms. The Hall–Kier alpha value is -1.03. The van der Waals surface area contributed by atoms with Crippen LogP contribution in [0.3, 0.4) is 0 Å². The molecule has 0 amide bonds. The molecule has 1 aromatic rings. The van der Waals surface area contributed by atoms with Crippen molar-refractivity contribution in [1.82, 2.24) is 0 Å². The normalized spacial score (nSPS) is 29.6. The van der Waals surface area contributed by atoms with Gasteiger partial charge in [0.25, 0.3) is 0 Å². The van der Waals surface area contributed by atoms with Gasteiger partial charge in [0.15, 0.2) is 0 Å². The Labute approximate surface area is 123 Å². The van der Waals surface area contributed by atoms with Crippen LogP contribution in [-0.2, 0) is 10.8 Å². The third-order valence-corrected chi connectivity index (χ3v) is 6.37. The van der Waals surface area contributed by atoms with Crippen molar-refractivity contribution in [3.05, 3.63) is 18.2 Å². The van der Waals surface area contributed by atoms with E-state index in [4.69, 9.17) is 10.5 Å². The van der Waals surface area contributed by atoms with E-state index in [1.54, 1.807) is 6.07 Å². The van der Waals surface area contributed by atoms with Gasteiger partial charge in [-0.3, -0.25) is 4.21 Å². The number of hydrogen-bond acceptors (Lipinski definition) is 3. The van der Waals surface area contributed by atoms with Gasteiger partial charge in [-0.25, -0.2) is 0 Å². The summed E-state index contributed by atoms with van der Waals surface area (Å²) in [6.07, 6.45) is 5.34. The van der Waals surface area contributed by atoms with Gasteiger partial charge in [-0.05, 0) is 62.1 Å². The molecule has 4 unspecified atom stereocenters. The summed E-state index contributed by atoms with van der Waals surface area (Å²) in [7, 11) is -1.01. The maximum atomic E-state index is 12.6. The van der Waals surface area contributed by atoms with E-state index in [1.165, 1.54) is 25.7 Å². The number of benzene rings is 1. The minimum absolute atomic E-state index is 0.613. The predicted octanol–water partition coefficient (Wildman–Crippen LogP) is 3.21. The van der Waals surface area contributed by atoms with Crippen molar-refractivity contribution in [2.45, 2.75) is 37.5 Å². The molecule has 2 aliphatic rings. The van der Waals surface area contributed by atoms with Crippen LogP contribution in [0.2, 0.25) is 0 Å². The van der Waals surface area contributed by atoms with Crippen molar-refractivity contribution in [3.8, 4) is 5.75 Å². The van der Waals surface area contributed by atoms with Gasteiger partial charge in [0.2, 0.25) is 0 Å². The van der Waals surface area contributed by atoms with E-state index >= 15 is 0 Å². The number of nitrogens with two attached hydrogens (primary N) is 1. The molecule has 110 valence electrons. The van der Waals surface area contributed by atoms with Gasteiger partial charge in [-0.1, -0.05) is 6.42 Å². The van der Waals surface area contributed by atoms with Crippen molar-refractivity contribution >= 4 is 16.5 Å². The first-order chi connectivity index (χ1) is 9.67. The lowest BCUT2D eigenvalue weighted by molar-refractivity contribution is 0.339. The van der Waals surface area contributed by atoms with Gasteiger partial charge in [0.1, 0.15) is 5.75 Å². The first-order valence-corrected chi connectivity index (χ1v) is 8.90. The van der Waals surface area contributed by atoms with Crippen molar-refractivity contribution in [2.75, 3.05) is 18.1 Å². The third kappa shape index (κ3) is 2.71. The molecule has 4 heteroatoms. The zero-order chi connectivity index (χ0) is 14.1. The summed E-state index contributed by atoms with van der Waals surface area (Å²) >= 11 is 0. The van der Waals surface area contributed by atoms with E-state index in [-0.39, 0.29) is 0 Å². The molecule has 2 N–H and O–H groups in total. The zero-order valence-electron chi connectivity index (χ0n) is 12.0. The monoisotopic (exact) mass is 293 g/mol. The van der Waals surface area contributed by atoms with Crippen molar-refractivity contribution < 1.29 is 8.95 Å². The summed E-state index contributed by atoms with van der Waals surface area (Å²) in [4.78, 5) is 0.749. The first kappa shape index (κ1) is 13.9. The summed E-state index contributed by atoms with van der Waals surface area (Å²) in [6, 6.07) is 5.50. The lowest BCUT2D eigenvalue weighted by Gasteiger charge is -2.21. The van der Waals surface area contributed by atoms with Crippen LogP contribution in [0.15, 0.2) is 23.1 Å². The molecule has 0 aliphatic heterocycles. The average molecular weight is 293 g/mol. The second-order valence-electron chi connectivity index (χ2n) is 6.08. The number of hydrogen-bond donors (Lipinski definition) is 1. The standard InChI is InChI=1S/C16H23NO2S/c1-2-19-14-5-6-15(17)16(9-14)20(18)10-13-8-11-3-4-12(13)7-11/h5-6,9,11-13H,2-4,7-8,10,17H2,1H3. The number of rotatable bonds is 5. The molecule has 3 nitrogen and oxygen atoms in total. The molecule has 0 heterocycles. The number of nitrogen functional groups attached to an aromatic ring is 1. The number of ether oxygens (including phenoxy) is 1. The van der Waals surface area contributed by atoms with Gasteiger partial charge in [0, 0.05) is 11.4 Å². The molecule has 2 fully saturated rings. The minimum Gasteiger partial charge on any atom is -0.494 e. The van der Waals surface area contributed by atoms with Gasteiger partial charge in [-0.15, -0.1) is 0 Å². The fraction of sp³-hybridized carbons (Fsp3) is 0.625. The Bertz CT molecular complexity index is 517. The summed E-state index contributed by atoms with van der Waals surface area (Å²) in [5.41, 5.74) is 6.61. The molecule has 0 aromatic heterocycles. The van der Waals surface area contributed by atoms with E-state index in [1.807, 2.05) is 19.1 Å². The smallest absolute Gasteiger partial charge is 0.120 e. The van der Waals surface area contributed by atoms with Crippen LogP contribution in [-0.4, -0.2) is 16.6 Å². The van der Waals surface area contributed by atoms with Crippen LogP contribution in [0.1, 0.15) is 32.6 Å². The highest BCUT2D eigenvalue weighted by Gasteiger charge is 2.40. The molecule has 3 rings (SSSR count). The molecule has 20 heavy (non-hydrogen) atoms. The van der Waals surface area contributed by atoms with Crippen LogP contribution in [0.4, 0.5) is 5.69 Å². The Kier molecular flexibility index (Phi) is 4.01. The largest absolute Gasteiger partial charge is 0.494 e. The Balaban J connectivity index is 1.71. The Morgan fingerprint density at radius 2 is 2.20 bits per heavy atom.